The summed E-state index contributed by atoms with van der Waals surface area (Å²) in [6, 6.07) is 2.02. The molecule has 1 fully saturated rings. The van der Waals surface area contributed by atoms with Crippen molar-refractivity contribution in [2.24, 2.45) is 5.92 Å². The van der Waals surface area contributed by atoms with E-state index in [0.717, 1.165) is 43.4 Å². The van der Waals surface area contributed by atoms with E-state index in [4.69, 9.17) is 0 Å². The van der Waals surface area contributed by atoms with Crippen LogP contribution in [0.2, 0.25) is 0 Å². The molecule has 1 aromatic rings. The van der Waals surface area contributed by atoms with Crippen molar-refractivity contribution in [1.29, 1.82) is 0 Å². The molecule has 1 atom stereocenters. The number of aliphatic hydroxyl groups excluding tert-OH is 1. The van der Waals surface area contributed by atoms with Crippen LogP contribution in [0.5, 0.6) is 0 Å². The molecule has 100 valence electrons. The van der Waals surface area contributed by atoms with E-state index in [9.17, 15) is 5.11 Å². The standard InChI is InChI=1S/C13H22N4O/c1-10-14-12(16(2)3)7-13(15-10)17-6-4-5-11(8-17)9-18/h7,11,18H,4-6,8-9H2,1-3H3. The van der Waals surface area contributed by atoms with Crippen molar-refractivity contribution in [3.05, 3.63) is 11.9 Å². The Labute approximate surface area is 108 Å². The molecule has 0 bridgehead atoms. The Hall–Kier alpha value is -1.36. The normalized spacial score (nSPS) is 20.0. The lowest BCUT2D eigenvalue weighted by molar-refractivity contribution is 0.208. The second kappa shape index (κ2) is 5.52. The van der Waals surface area contributed by atoms with Crippen LogP contribution in [0.1, 0.15) is 18.7 Å². The quantitative estimate of drug-likeness (QED) is 0.869. The van der Waals surface area contributed by atoms with E-state index in [1.165, 1.54) is 0 Å². The molecular weight excluding hydrogens is 228 g/mol. The van der Waals surface area contributed by atoms with E-state index in [1.807, 2.05) is 32.0 Å². The van der Waals surface area contributed by atoms with Crippen molar-refractivity contribution in [3.8, 4) is 0 Å². The Morgan fingerprint density at radius 2 is 2.22 bits per heavy atom. The van der Waals surface area contributed by atoms with Gasteiger partial charge in [-0.3, -0.25) is 0 Å². The second-order valence-corrected chi connectivity index (χ2v) is 5.16. The Balaban J connectivity index is 2.21. The lowest BCUT2D eigenvalue weighted by atomic mass is 9.99. The highest BCUT2D eigenvalue weighted by Crippen LogP contribution is 2.23. The van der Waals surface area contributed by atoms with E-state index in [-0.39, 0.29) is 6.61 Å². The van der Waals surface area contributed by atoms with Gasteiger partial charge in [-0.1, -0.05) is 0 Å². The lowest BCUT2D eigenvalue weighted by Gasteiger charge is -2.33. The molecule has 0 radical (unpaired) electrons. The molecule has 1 aromatic heterocycles. The third-order valence-corrected chi connectivity index (χ3v) is 3.37. The number of hydrogen-bond donors (Lipinski definition) is 1. The van der Waals surface area contributed by atoms with Gasteiger partial charge in [-0.2, -0.15) is 0 Å². The molecule has 2 rings (SSSR count). The molecule has 0 aromatic carbocycles. The molecule has 0 spiro atoms. The summed E-state index contributed by atoms with van der Waals surface area (Å²) in [5, 5.41) is 9.29. The van der Waals surface area contributed by atoms with Crippen molar-refractivity contribution in [2.75, 3.05) is 43.6 Å². The van der Waals surface area contributed by atoms with Gasteiger partial charge < -0.3 is 14.9 Å². The zero-order valence-corrected chi connectivity index (χ0v) is 11.4. The maximum atomic E-state index is 9.29. The predicted octanol–water partition coefficient (Wildman–Crippen LogP) is 1.06. The Bertz CT molecular complexity index is 408. The van der Waals surface area contributed by atoms with E-state index in [2.05, 4.69) is 14.9 Å². The maximum absolute atomic E-state index is 9.29. The summed E-state index contributed by atoms with van der Waals surface area (Å²) in [6.45, 7) is 4.09. The zero-order chi connectivity index (χ0) is 13.1. The highest BCUT2D eigenvalue weighted by atomic mass is 16.3. The van der Waals surface area contributed by atoms with Crippen LogP contribution in [0.25, 0.3) is 0 Å². The van der Waals surface area contributed by atoms with E-state index in [0.29, 0.717) is 5.92 Å². The van der Waals surface area contributed by atoms with Crippen molar-refractivity contribution < 1.29 is 5.11 Å². The molecule has 1 unspecified atom stereocenters. The van der Waals surface area contributed by atoms with Gasteiger partial charge in [0, 0.05) is 39.9 Å². The second-order valence-electron chi connectivity index (χ2n) is 5.16. The number of aromatic nitrogens is 2. The number of anilines is 2. The molecule has 18 heavy (non-hydrogen) atoms. The third-order valence-electron chi connectivity index (χ3n) is 3.37. The Morgan fingerprint density at radius 1 is 1.44 bits per heavy atom. The summed E-state index contributed by atoms with van der Waals surface area (Å²) in [5.74, 6) is 3.08. The van der Waals surface area contributed by atoms with Crippen LogP contribution in [-0.4, -0.2) is 48.9 Å². The largest absolute Gasteiger partial charge is 0.396 e. The minimum absolute atomic E-state index is 0.265. The number of aliphatic hydroxyl groups is 1. The highest BCUT2D eigenvalue weighted by Gasteiger charge is 2.21. The van der Waals surface area contributed by atoms with Gasteiger partial charge in [0.1, 0.15) is 17.5 Å². The van der Waals surface area contributed by atoms with Gasteiger partial charge in [0.2, 0.25) is 0 Å². The average molecular weight is 250 g/mol. The number of hydrogen-bond acceptors (Lipinski definition) is 5. The summed E-state index contributed by atoms with van der Waals surface area (Å²) in [7, 11) is 3.97. The fraction of sp³-hybridized carbons (Fsp3) is 0.692. The summed E-state index contributed by atoms with van der Waals surface area (Å²) >= 11 is 0. The van der Waals surface area contributed by atoms with Crippen LogP contribution < -0.4 is 9.80 Å². The minimum atomic E-state index is 0.265. The van der Waals surface area contributed by atoms with Gasteiger partial charge in [-0.25, -0.2) is 9.97 Å². The molecular formula is C13H22N4O. The number of rotatable bonds is 3. The summed E-state index contributed by atoms with van der Waals surface area (Å²) < 4.78 is 0. The lowest BCUT2D eigenvalue weighted by Crippen LogP contribution is -2.37. The Kier molecular flexibility index (Phi) is 4.01. The van der Waals surface area contributed by atoms with Gasteiger partial charge in [0.05, 0.1) is 0 Å². The smallest absolute Gasteiger partial charge is 0.134 e. The van der Waals surface area contributed by atoms with Crippen LogP contribution in [0.4, 0.5) is 11.6 Å². The van der Waals surface area contributed by atoms with Crippen LogP contribution in [0, 0.1) is 12.8 Å². The minimum Gasteiger partial charge on any atom is -0.396 e. The molecule has 1 saturated heterocycles. The first-order chi connectivity index (χ1) is 8.60. The van der Waals surface area contributed by atoms with Crippen LogP contribution in [0.15, 0.2) is 6.07 Å². The van der Waals surface area contributed by atoms with Crippen LogP contribution in [0.3, 0.4) is 0 Å². The summed E-state index contributed by atoms with van der Waals surface area (Å²) in [5.41, 5.74) is 0. The van der Waals surface area contributed by atoms with Crippen molar-refractivity contribution in [2.45, 2.75) is 19.8 Å². The zero-order valence-electron chi connectivity index (χ0n) is 11.4. The molecule has 0 aliphatic carbocycles. The fourth-order valence-electron chi connectivity index (χ4n) is 2.35. The molecule has 2 heterocycles. The third kappa shape index (κ3) is 2.90. The fourth-order valence-corrected chi connectivity index (χ4v) is 2.35. The van der Waals surface area contributed by atoms with E-state index < -0.39 is 0 Å². The first-order valence-corrected chi connectivity index (χ1v) is 6.49. The number of piperidine rings is 1. The highest BCUT2D eigenvalue weighted by molar-refractivity contribution is 5.50. The molecule has 0 amide bonds. The topological polar surface area (TPSA) is 52.5 Å². The maximum Gasteiger partial charge on any atom is 0.134 e. The molecule has 1 aliphatic heterocycles. The number of nitrogens with zero attached hydrogens (tertiary/aromatic N) is 4. The molecule has 5 heteroatoms. The average Bonchev–Trinajstić information content (AvgIpc) is 2.38. The number of aryl methyl sites for hydroxylation is 1. The SMILES string of the molecule is Cc1nc(N(C)C)cc(N2CCCC(CO)C2)n1. The van der Waals surface area contributed by atoms with Crippen molar-refractivity contribution >= 4 is 11.6 Å². The van der Waals surface area contributed by atoms with Gasteiger partial charge in [0.15, 0.2) is 0 Å². The first kappa shape index (κ1) is 13.1. The summed E-state index contributed by atoms with van der Waals surface area (Å²) in [4.78, 5) is 13.2. The van der Waals surface area contributed by atoms with E-state index in [1.54, 1.807) is 0 Å². The molecule has 5 nitrogen and oxygen atoms in total. The van der Waals surface area contributed by atoms with Gasteiger partial charge >= 0.3 is 0 Å². The van der Waals surface area contributed by atoms with Crippen molar-refractivity contribution in [1.82, 2.24) is 9.97 Å². The van der Waals surface area contributed by atoms with Crippen molar-refractivity contribution in [3.63, 3.8) is 0 Å². The molecule has 1 aliphatic rings. The summed E-state index contributed by atoms with van der Waals surface area (Å²) in [6.07, 6.45) is 2.23. The van der Waals surface area contributed by atoms with Gasteiger partial charge in [-0.15, -0.1) is 0 Å². The predicted molar refractivity (Wildman–Crippen MR) is 73.1 cm³/mol. The monoisotopic (exact) mass is 250 g/mol. The first-order valence-electron chi connectivity index (χ1n) is 6.49. The van der Waals surface area contributed by atoms with E-state index >= 15 is 0 Å². The molecule has 1 N–H and O–H groups in total. The van der Waals surface area contributed by atoms with Gasteiger partial charge in [0.25, 0.3) is 0 Å². The van der Waals surface area contributed by atoms with Crippen LogP contribution >= 0.6 is 0 Å². The van der Waals surface area contributed by atoms with Gasteiger partial charge in [-0.05, 0) is 25.7 Å². The molecule has 0 saturated carbocycles. The van der Waals surface area contributed by atoms with Crippen LogP contribution in [-0.2, 0) is 0 Å². The Morgan fingerprint density at radius 3 is 2.89 bits per heavy atom.